The normalized spacial score (nSPS) is 11.3. The zero-order valence-electron chi connectivity index (χ0n) is 9.99. The van der Waals surface area contributed by atoms with Crippen molar-refractivity contribution in [3.05, 3.63) is 35.4 Å². The molecule has 16 heavy (non-hydrogen) atoms. The van der Waals surface area contributed by atoms with Gasteiger partial charge in [-0.2, -0.15) is 0 Å². The van der Waals surface area contributed by atoms with Crippen molar-refractivity contribution in [3.8, 4) is 0 Å². The topological polar surface area (TPSA) is 38.7 Å². The van der Waals surface area contributed by atoms with Gasteiger partial charge in [0.25, 0.3) is 0 Å². The number of rotatable bonds is 5. The Morgan fingerprint density at radius 1 is 1.25 bits per heavy atom. The number of nitrogens with zero attached hydrogens (tertiary/aromatic N) is 1. The third-order valence-corrected chi connectivity index (χ3v) is 2.08. The molecule has 0 amide bonds. The highest BCUT2D eigenvalue weighted by atomic mass is 16.6. The third-order valence-electron chi connectivity index (χ3n) is 2.08. The van der Waals surface area contributed by atoms with E-state index in [2.05, 4.69) is 5.16 Å². The minimum absolute atomic E-state index is 0.0974. The molecule has 0 radical (unpaired) electrons. The summed E-state index contributed by atoms with van der Waals surface area (Å²) in [7, 11) is 0. The molecule has 3 heteroatoms. The van der Waals surface area contributed by atoms with E-state index >= 15 is 0 Å². The smallest absolute Gasteiger partial charge is 0.142 e. The Morgan fingerprint density at radius 3 is 2.44 bits per heavy atom. The summed E-state index contributed by atoms with van der Waals surface area (Å²) in [5.74, 6) is 0.0974. The molecule has 1 aromatic carbocycles. The summed E-state index contributed by atoms with van der Waals surface area (Å²) in [5, 5.41) is 3.88. The van der Waals surface area contributed by atoms with Crippen molar-refractivity contribution in [2.75, 3.05) is 0 Å². The number of oxime groups is 1. The molecule has 0 aromatic heterocycles. The molecule has 0 saturated heterocycles. The molecular weight excluding hydrogens is 202 g/mol. The molecule has 0 saturated carbocycles. The fraction of sp³-hybridized carbons (Fsp3) is 0.385. The molecule has 0 aliphatic rings. The van der Waals surface area contributed by atoms with Crippen LogP contribution in [0.1, 0.15) is 31.4 Å². The van der Waals surface area contributed by atoms with Crippen LogP contribution < -0.4 is 0 Å². The summed E-state index contributed by atoms with van der Waals surface area (Å²) in [4.78, 5) is 15.9. The molecule has 0 unspecified atom stereocenters. The fourth-order valence-corrected chi connectivity index (χ4v) is 1.29. The van der Waals surface area contributed by atoms with Crippen LogP contribution in [-0.2, 0) is 16.2 Å². The minimum Gasteiger partial charge on any atom is -0.391 e. The van der Waals surface area contributed by atoms with Gasteiger partial charge >= 0.3 is 0 Å². The van der Waals surface area contributed by atoms with Crippen molar-refractivity contribution < 1.29 is 9.63 Å². The molecule has 0 spiro atoms. The Bertz CT molecular complexity index is 379. The van der Waals surface area contributed by atoms with Gasteiger partial charge in [0.2, 0.25) is 0 Å². The van der Waals surface area contributed by atoms with Gasteiger partial charge in [-0.25, -0.2) is 0 Å². The maximum absolute atomic E-state index is 10.8. The van der Waals surface area contributed by atoms with E-state index in [-0.39, 0.29) is 5.78 Å². The quantitative estimate of drug-likeness (QED) is 0.564. The van der Waals surface area contributed by atoms with Gasteiger partial charge in [-0.1, -0.05) is 35.0 Å². The first kappa shape index (κ1) is 12.4. The second-order valence-electron chi connectivity index (χ2n) is 3.96. The first-order valence-corrected chi connectivity index (χ1v) is 5.28. The molecule has 3 nitrogen and oxygen atoms in total. The van der Waals surface area contributed by atoms with Crippen molar-refractivity contribution in [2.24, 2.45) is 5.16 Å². The zero-order chi connectivity index (χ0) is 12.0. The first-order valence-electron chi connectivity index (χ1n) is 5.28. The highest BCUT2D eigenvalue weighted by molar-refractivity contribution is 5.99. The lowest BCUT2D eigenvalue weighted by Crippen LogP contribution is -2.00. The Morgan fingerprint density at radius 2 is 1.88 bits per heavy atom. The van der Waals surface area contributed by atoms with Crippen LogP contribution >= 0.6 is 0 Å². The number of benzene rings is 1. The number of carbonyl (C=O) groups excluding carboxylic acids is 1. The second kappa shape index (κ2) is 6.05. The van der Waals surface area contributed by atoms with E-state index in [1.54, 1.807) is 13.8 Å². The number of carbonyl (C=O) groups is 1. The van der Waals surface area contributed by atoms with Gasteiger partial charge in [0.1, 0.15) is 12.4 Å². The highest BCUT2D eigenvalue weighted by Crippen LogP contribution is 2.04. The fourth-order valence-electron chi connectivity index (χ4n) is 1.29. The summed E-state index contributed by atoms with van der Waals surface area (Å²) in [6, 6.07) is 8.08. The zero-order valence-corrected chi connectivity index (χ0v) is 9.99. The van der Waals surface area contributed by atoms with E-state index in [0.717, 1.165) is 5.56 Å². The predicted molar refractivity (Wildman–Crippen MR) is 64.4 cm³/mol. The van der Waals surface area contributed by atoms with Crippen LogP contribution in [0.3, 0.4) is 0 Å². The highest BCUT2D eigenvalue weighted by Gasteiger charge is 1.97. The Labute approximate surface area is 96.1 Å². The number of ketones is 1. The molecule has 0 N–H and O–H groups in total. The number of Topliss-reactive ketones (excluding diaryl/α,β-unsaturated/α-hetero) is 1. The minimum atomic E-state index is 0.0974. The Balaban J connectivity index is 2.40. The summed E-state index contributed by atoms with van der Waals surface area (Å²) in [6.07, 6.45) is 0.355. The molecular formula is C13H17NO2. The van der Waals surface area contributed by atoms with E-state index in [4.69, 9.17) is 4.84 Å². The maximum atomic E-state index is 10.8. The Kier molecular flexibility index (Phi) is 4.70. The van der Waals surface area contributed by atoms with Crippen LogP contribution in [0.25, 0.3) is 0 Å². The van der Waals surface area contributed by atoms with E-state index in [9.17, 15) is 4.79 Å². The average Bonchev–Trinajstić information content (AvgIpc) is 2.20. The Hall–Kier alpha value is -1.64. The monoisotopic (exact) mass is 219 g/mol. The van der Waals surface area contributed by atoms with E-state index in [1.807, 2.05) is 31.2 Å². The van der Waals surface area contributed by atoms with Crippen LogP contribution in [0.15, 0.2) is 29.4 Å². The summed E-state index contributed by atoms with van der Waals surface area (Å²) < 4.78 is 0. The van der Waals surface area contributed by atoms with Crippen molar-refractivity contribution in [3.63, 3.8) is 0 Å². The summed E-state index contributed by atoms with van der Waals surface area (Å²) in [5.41, 5.74) is 3.00. The molecule has 0 heterocycles. The molecule has 86 valence electrons. The van der Waals surface area contributed by atoms with Gasteiger partial charge in [0.15, 0.2) is 0 Å². The largest absolute Gasteiger partial charge is 0.391 e. The van der Waals surface area contributed by atoms with Crippen LogP contribution in [0.5, 0.6) is 0 Å². The molecule has 0 aliphatic carbocycles. The molecule has 0 atom stereocenters. The van der Waals surface area contributed by atoms with Crippen molar-refractivity contribution in [2.45, 2.75) is 33.8 Å². The predicted octanol–water partition coefficient (Wildman–Crippen LogP) is 2.87. The van der Waals surface area contributed by atoms with Crippen molar-refractivity contribution in [1.29, 1.82) is 0 Å². The van der Waals surface area contributed by atoms with E-state index < -0.39 is 0 Å². The van der Waals surface area contributed by atoms with E-state index in [0.29, 0.717) is 18.7 Å². The summed E-state index contributed by atoms with van der Waals surface area (Å²) >= 11 is 0. The molecule has 0 bridgehead atoms. The van der Waals surface area contributed by atoms with Gasteiger partial charge < -0.3 is 4.84 Å². The van der Waals surface area contributed by atoms with Crippen LogP contribution in [0.4, 0.5) is 0 Å². The maximum Gasteiger partial charge on any atom is 0.142 e. The first-order chi connectivity index (χ1) is 7.58. The van der Waals surface area contributed by atoms with E-state index in [1.165, 1.54) is 5.56 Å². The van der Waals surface area contributed by atoms with Crippen LogP contribution in [0.2, 0.25) is 0 Å². The number of hydrogen-bond acceptors (Lipinski definition) is 3. The van der Waals surface area contributed by atoms with Gasteiger partial charge in [-0.05, 0) is 26.3 Å². The average molecular weight is 219 g/mol. The van der Waals surface area contributed by atoms with Gasteiger partial charge in [0, 0.05) is 6.42 Å². The SMILES string of the molecule is CC(=O)CC(C)=NOCc1ccc(C)cc1. The lowest BCUT2D eigenvalue weighted by atomic mass is 10.2. The van der Waals surface area contributed by atoms with Crippen molar-refractivity contribution in [1.82, 2.24) is 0 Å². The lowest BCUT2D eigenvalue weighted by Gasteiger charge is -2.01. The number of hydrogen-bond donors (Lipinski definition) is 0. The van der Waals surface area contributed by atoms with Crippen molar-refractivity contribution >= 4 is 11.5 Å². The third kappa shape index (κ3) is 4.73. The van der Waals surface area contributed by atoms with Gasteiger partial charge in [0.05, 0.1) is 5.71 Å². The van der Waals surface area contributed by atoms with Gasteiger partial charge in [-0.15, -0.1) is 0 Å². The molecule has 1 rings (SSSR count). The molecule has 0 fully saturated rings. The van der Waals surface area contributed by atoms with Gasteiger partial charge in [-0.3, -0.25) is 4.79 Å². The van der Waals surface area contributed by atoms with Crippen LogP contribution in [-0.4, -0.2) is 11.5 Å². The second-order valence-corrected chi connectivity index (χ2v) is 3.96. The van der Waals surface area contributed by atoms with Crippen LogP contribution in [0, 0.1) is 6.92 Å². The standard InChI is InChI=1S/C13H17NO2/c1-10-4-6-13(7-5-10)9-16-14-11(2)8-12(3)15/h4-7H,8-9H2,1-3H3. The lowest BCUT2D eigenvalue weighted by molar-refractivity contribution is -0.115. The number of aryl methyl sites for hydroxylation is 1. The summed E-state index contributed by atoms with van der Waals surface area (Å²) in [6.45, 7) is 5.81. The molecule has 1 aromatic rings. The molecule has 0 aliphatic heterocycles.